The number of ether oxygens (including phenoxy) is 2. The zero-order chi connectivity index (χ0) is 31.7. The van der Waals surface area contributed by atoms with Crippen molar-refractivity contribution in [3.8, 4) is 5.75 Å². The van der Waals surface area contributed by atoms with Gasteiger partial charge in [-0.2, -0.15) is 0 Å². The number of fused-ring (bicyclic) bond motifs is 1. The number of nitro benzene ring substituents is 1. The molecule has 0 saturated heterocycles. The Morgan fingerprint density at radius 1 is 1.16 bits per heavy atom. The summed E-state index contributed by atoms with van der Waals surface area (Å²) in [4.78, 5) is 43.2. The van der Waals surface area contributed by atoms with Crippen LogP contribution in [0, 0.1) is 23.1 Å². The maximum absolute atomic E-state index is 14.1. The van der Waals surface area contributed by atoms with Crippen molar-refractivity contribution in [3.63, 3.8) is 0 Å². The number of non-ortho nitro benzene ring substituents is 1. The number of nitrogens with zero attached hydrogens (tertiary/aromatic N) is 3. The average Bonchev–Trinajstić information content (AvgIpc) is 3.26. The van der Waals surface area contributed by atoms with Crippen LogP contribution in [0.1, 0.15) is 43.5 Å². The van der Waals surface area contributed by atoms with Crippen LogP contribution in [0.5, 0.6) is 5.75 Å². The van der Waals surface area contributed by atoms with Crippen molar-refractivity contribution in [2.75, 3.05) is 0 Å². The second-order valence-corrected chi connectivity index (χ2v) is 13.4. The van der Waals surface area contributed by atoms with Gasteiger partial charge in [0.2, 0.25) is 0 Å². The molecule has 0 amide bonds. The lowest BCUT2D eigenvalue weighted by Gasteiger charge is -2.25. The van der Waals surface area contributed by atoms with Gasteiger partial charge in [0.25, 0.3) is 11.2 Å². The molecule has 0 fully saturated rings. The summed E-state index contributed by atoms with van der Waals surface area (Å²) in [6.07, 6.45) is 1.30. The maximum atomic E-state index is 14.1. The number of carbonyl (C=O) groups is 1. The molecule has 44 heavy (non-hydrogen) atoms. The fourth-order valence-electron chi connectivity index (χ4n) is 4.70. The summed E-state index contributed by atoms with van der Waals surface area (Å²) < 4.78 is 28.8. The molecule has 1 atom stereocenters. The van der Waals surface area contributed by atoms with E-state index in [-0.39, 0.29) is 23.7 Å². The number of allylic oxidation sites excluding steroid dienone is 1. The van der Waals surface area contributed by atoms with Crippen LogP contribution in [0.25, 0.3) is 6.08 Å². The van der Waals surface area contributed by atoms with Crippen LogP contribution in [-0.4, -0.2) is 21.6 Å². The van der Waals surface area contributed by atoms with Crippen LogP contribution >= 0.6 is 56.5 Å². The van der Waals surface area contributed by atoms with Crippen molar-refractivity contribution < 1.29 is 23.6 Å². The smallest absolute Gasteiger partial charge is 0.338 e. The molecule has 2 heterocycles. The number of aromatic nitrogens is 1. The molecule has 5 rings (SSSR count). The molecule has 0 saturated carbocycles. The topological polar surface area (TPSA) is 113 Å². The van der Waals surface area contributed by atoms with Gasteiger partial charge in [-0.1, -0.05) is 41.7 Å². The fraction of sp³-hybridized carbons (Fsp3) is 0.194. The normalized spacial score (nSPS) is 14.8. The third-order valence-electron chi connectivity index (χ3n) is 6.63. The summed E-state index contributed by atoms with van der Waals surface area (Å²) in [7, 11) is 0. The highest BCUT2D eigenvalue weighted by molar-refractivity contribution is 14.1. The van der Waals surface area contributed by atoms with Gasteiger partial charge in [-0.3, -0.25) is 19.5 Å². The van der Waals surface area contributed by atoms with Gasteiger partial charge in [0, 0.05) is 17.7 Å². The van der Waals surface area contributed by atoms with E-state index in [0.717, 1.165) is 24.0 Å². The molecule has 0 N–H and O–H groups in total. The fourth-order valence-corrected chi connectivity index (χ4v) is 7.88. The van der Waals surface area contributed by atoms with Crippen molar-refractivity contribution in [2.45, 2.75) is 39.5 Å². The minimum atomic E-state index is -0.978. The number of benzene rings is 3. The monoisotopic (exact) mass is 839 g/mol. The lowest BCUT2D eigenvalue weighted by molar-refractivity contribution is -0.384. The first-order chi connectivity index (χ1) is 20.9. The van der Waals surface area contributed by atoms with Crippen LogP contribution in [-0.2, 0) is 16.1 Å². The summed E-state index contributed by atoms with van der Waals surface area (Å²) in [6.45, 7) is 5.15. The number of rotatable bonds is 8. The lowest BCUT2D eigenvalue weighted by atomic mass is 9.95. The number of hydrogen-bond acceptors (Lipinski definition) is 8. The van der Waals surface area contributed by atoms with Crippen LogP contribution < -0.4 is 19.6 Å². The van der Waals surface area contributed by atoms with E-state index in [2.05, 4.69) is 50.2 Å². The molecule has 0 bridgehead atoms. The van der Waals surface area contributed by atoms with Gasteiger partial charge in [0.1, 0.15) is 18.2 Å². The molecule has 1 aromatic heterocycles. The molecule has 0 radical (unpaired) electrons. The Hall–Kier alpha value is -3.44. The number of halogens is 3. The van der Waals surface area contributed by atoms with E-state index < -0.39 is 28.6 Å². The Labute approximate surface area is 282 Å². The highest BCUT2D eigenvalue weighted by atomic mass is 127. The molecule has 0 unspecified atom stereocenters. The quantitative estimate of drug-likeness (QED) is 0.0929. The van der Waals surface area contributed by atoms with Crippen LogP contribution in [0.3, 0.4) is 0 Å². The van der Waals surface area contributed by atoms with Crippen molar-refractivity contribution >= 4 is 74.3 Å². The Morgan fingerprint density at radius 3 is 2.52 bits per heavy atom. The van der Waals surface area contributed by atoms with Crippen molar-refractivity contribution in [2.24, 2.45) is 4.99 Å². The summed E-state index contributed by atoms with van der Waals surface area (Å²) in [5.74, 6) is -0.395. The van der Waals surface area contributed by atoms with Gasteiger partial charge in [0.15, 0.2) is 4.80 Å². The van der Waals surface area contributed by atoms with Crippen molar-refractivity contribution in [3.05, 3.63) is 131 Å². The minimum absolute atomic E-state index is 0.0647. The second kappa shape index (κ2) is 13.3. The molecular formula is C31H24FI2N3O6S. The van der Waals surface area contributed by atoms with Crippen LogP contribution in [0.2, 0.25) is 0 Å². The SMILES string of the molecule is CC1=C(C(=O)OC(C)C)[C@@H](c2cccc([N+](=O)[O-])c2)n2c(s/c(=C/c3cc(I)c(OCc4ccccc4F)c(I)c3)c2=O)=N1. The first-order valence-corrected chi connectivity index (χ1v) is 16.2. The molecular weight excluding hydrogens is 815 g/mol. The standard InChI is InChI=1S/C31H24FI2N3O6S/c1-16(2)43-30(39)26-17(3)35-31-36(27(26)19-8-6-9-21(14-19)37(40)41)29(38)25(44-31)13-18-11-23(33)28(24(34)12-18)42-15-20-7-4-5-10-22(20)32/h4-14,16,27H,15H2,1-3H3/b25-13+/t27-/m1/s1. The molecule has 3 aromatic carbocycles. The third kappa shape index (κ3) is 6.63. The number of nitro groups is 1. The van der Waals surface area contributed by atoms with E-state index >= 15 is 0 Å². The lowest BCUT2D eigenvalue weighted by Crippen LogP contribution is -2.40. The largest absolute Gasteiger partial charge is 0.487 e. The molecule has 226 valence electrons. The van der Waals surface area contributed by atoms with Gasteiger partial charge >= 0.3 is 5.97 Å². The second-order valence-electron chi connectivity index (χ2n) is 10.1. The third-order valence-corrected chi connectivity index (χ3v) is 9.21. The number of thiazole rings is 1. The molecule has 13 heteroatoms. The van der Waals surface area contributed by atoms with Crippen molar-refractivity contribution in [1.82, 2.24) is 4.57 Å². The van der Waals surface area contributed by atoms with Gasteiger partial charge in [-0.05, 0) is 101 Å². The summed E-state index contributed by atoms with van der Waals surface area (Å²) in [5, 5.41) is 11.6. The first kappa shape index (κ1) is 32.0. The van der Waals surface area contributed by atoms with Crippen LogP contribution in [0.4, 0.5) is 10.1 Å². The Morgan fingerprint density at radius 2 is 1.86 bits per heavy atom. The summed E-state index contributed by atoms with van der Waals surface area (Å²) >= 11 is 5.43. The molecule has 0 aliphatic carbocycles. The molecule has 0 spiro atoms. The molecule has 9 nitrogen and oxygen atoms in total. The van der Waals surface area contributed by atoms with E-state index in [1.165, 1.54) is 28.8 Å². The number of esters is 1. The van der Waals surface area contributed by atoms with E-state index in [4.69, 9.17) is 9.47 Å². The summed E-state index contributed by atoms with van der Waals surface area (Å²) in [5.41, 5.74) is 1.48. The Balaban J connectivity index is 1.58. The van der Waals surface area contributed by atoms with Gasteiger partial charge < -0.3 is 9.47 Å². The highest BCUT2D eigenvalue weighted by Gasteiger charge is 2.34. The average molecular weight is 839 g/mol. The summed E-state index contributed by atoms with van der Waals surface area (Å²) in [6, 6.07) is 15.0. The predicted molar refractivity (Wildman–Crippen MR) is 181 cm³/mol. The van der Waals surface area contributed by atoms with Crippen LogP contribution in [0.15, 0.2) is 81.7 Å². The maximum Gasteiger partial charge on any atom is 0.338 e. The highest BCUT2D eigenvalue weighted by Crippen LogP contribution is 2.33. The molecule has 1 aliphatic heterocycles. The molecule has 1 aliphatic rings. The van der Waals surface area contributed by atoms with E-state index in [9.17, 15) is 24.1 Å². The number of hydrogen-bond donors (Lipinski definition) is 0. The van der Waals surface area contributed by atoms with Gasteiger partial charge in [0.05, 0.1) is 40.0 Å². The number of carbonyl (C=O) groups excluding carboxylic acids is 1. The van der Waals surface area contributed by atoms with E-state index in [1.54, 1.807) is 51.1 Å². The van der Waals surface area contributed by atoms with E-state index in [1.807, 2.05) is 12.1 Å². The zero-order valence-electron chi connectivity index (χ0n) is 23.5. The predicted octanol–water partition coefficient (Wildman–Crippen LogP) is 6.02. The van der Waals surface area contributed by atoms with Gasteiger partial charge in [-0.25, -0.2) is 14.2 Å². The molecule has 4 aromatic rings. The minimum Gasteiger partial charge on any atom is -0.487 e. The Bertz CT molecular complexity index is 2000. The van der Waals surface area contributed by atoms with E-state index in [0.29, 0.717) is 31.9 Å². The first-order valence-electron chi connectivity index (χ1n) is 13.3. The van der Waals surface area contributed by atoms with Crippen molar-refractivity contribution in [1.29, 1.82) is 0 Å². The van der Waals surface area contributed by atoms with Gasteiger partial charge in [-0.15, -0.1) is 0 Å². The zero-order valence-corrected chi connectivity index (χ0v) is 28.7. The Kier molecular flexibility index (Phi) is 9.65.